The maximum Gasteiger partial charge on any atom is 0.307 e. The summed E-state index contributed by atoms with van der Waals surface area (Å²) in [7, 11) is 0. The summed E-state index contributed by atoms with van der Waals surface area (Å²) in [5.41, 5.74) is 0. The number of rotatable bonds is 72. The first-order valence-corrected chi connectivity index (χ1v) is 40.7. The van der Waals surface area contributed by atoms with Crippen LogP contribution in [0.2, 0.25) is 0 Å². The molecular weight excluding hydrogens is 1220 g/mol. The highest BCUT2D eigenvalue weighted by atomic mass is 16.6. The van der Waals surface area contributed by atoms with Crippen LogP contribution in [0.1, 0.15) is 330 Å². The summed E-state index contributed by atoms with van der Waals surface area (Å²) in [6.07, 6.45) is 97.0. The molecule has 0 spiro atoms. The largest absolute Gasteiger partial charge is 0.466 e. The summed E-state index contributed by atoms with van der Waals surface area (Å²) in [4.78, 5) is 56.0. The van der Waals surface area contributed by atoms with Gasteiger partial charge in [0, 0.05) is 38.8 Å². The molecule has 99 heavy (non-hydrogen) atoms. The average Bonchev–Trinajstić information content (AvgIpc) is 3.05. The molecule has 0 aliphatic heterocycles. The maximum atomic E-state index is 12.9. The number of esters is 4. The van der Waals surface area contributed by atoms with Crippen molar-refractivity contribution in [1.82, 2.24) is 9.80 Å². The molecule has 0 bridgehead atoms. The molecule has 0 aromatic carbocycles. The molecule has 0 heterocycles. The Bertz CT molecular complexity index is 2060. The maximum absolute atomic E-state index is 12.9. The molecule has 0 rings (SSSR count). The zero-order chi connectivity index (χ0) is 71.9. The van der Waals surface area contributed by atoms with Gasteiger partial charge in [0.2, 0.25) is 0 Å². The van der Waals surface area contributed by atoms with Gasteiger partial charge in [0.05, 0.1) is 26.1 Å². The number of allylic oxidation sites excluding steroid dienone is 22. The second kappa shape index (κ2) is 78.4. The van der Waals surface area contributed by atoms with E-state index in [0.29, 0.717) is 52.0 Å². The summed E-state index contributed by atoms with van der Waals surface area (Å²) in [6.45, 7) is 19.0. The molecule has 0 aliphatic rings. The lowest BCUT2D eigenvalue weighted by Crippen LogP contribution is -2.33. The van der Waals surface area contributed by atoms with Gasteiger partial charge in [-0.25, -0.2) is 0 Å². The Hall–Kier alpha value is -5.32. The van der Waals surface area contributed by atoms with Crippen LogP contribution in [0.3, 0.4) is 0 Å². The zero-order valence-corrected chi connectivity index (χ0v) is 64.6. The van der Waals surface area contributed by atoms with E-state index in [1.807, 2.05) is 0 Å². The summed E-state index contributed by atoms with van der Waals surface area (Å²) < 4.78 is 23.3. The molecule has 0 amide bonds. The third kappa shape index (κ3) is 72.3. The van der Waals surface area contributed by atoms with Crippen molar-refractivity contribution < 1.29 is 38.1 Å². The lowest BCUT2D eigenvalue weighted by atomic mass is 10.1. The van der Waals surface area contributed by atoms with Crippen molar-refractivity contribution in [2.45, 2.75) is 343 Å². The summed E-state index contributed by atoms with van der Waals surface area (Å²) >= 11 is 0. The topological polar surface area (TPSA) is 112 Å². The highest BCUT2D eigenvalue weighted by molar-refractivity contribution is 5.70. The fourth-order valence-corrected chi connectivity index (χ4v) is 11.3. The van der Waals surface area contributed by atoms with Crippen molar-refractivity contribution >= 4 is 23.9 Å². The molecule has 0 saturated carbocycles. The van der Waals surface area contributed by atoms with E-state index < -0.39 is 0 Å². The number of carbonyl (C=O) groups excluding carboxylic acids is 4. The Labute approximate surface area is 609 Å². The first-order valence-electron chi connectivity index (χ1n) is 40.7. The molecule has 0 aliphatic carbocycles. The average molecular weight is 1380 g/mol. The van der Waals surface area contributed by atoms with Gasteiger partial charge in [0.25, 0.3) is 0 Å². The van der Waals surface area contributed by atoms with E-state index in [-0.39, 0.29) is 36.1 Å². The van der Waals surface area contributed by atoms with Crippen LogP contribution in [0.4, 0.5) is 0 Å². The minimum Gasteiger partial charge on any atom is -0.466 e. The Morgan fingerprint density at radius 2 is 0.576 bits per heavy atom. The van der Waals surface area contributed by atoms with E-state index in [9.17, 15) is 19.2 Å². The third-order valence-corrected chi connectivity index (χ3v) is 17.5. The predicted octanol–water partition coefficient (Wildman–Crippen LogP) is 24.8. The molecule has 10 heteroatoms. The number of hydrogen-bond acceptors (Lipinski definition) is 10. The van der Waals surface area contributed by atoms with E-state index >= 15 is 0 Å². The lowest BCUT2D eigenvalue weighted by molar-refractivity contribution is -0.150. The van der Waals surface area contributed by atoms with Gasteiger partial charge in [-0.2, -0.15) is 0 Å². The number of hydrogen-bond donors (Lipinski definition) is 0. The van der Waals surface area contributed by atoms with Gasteiger partial charge >= 0.3 is 23.9 Å². The van der Waals surface area contributed by atoms with Crippen LogP contribution in [-0.4, -0.2) is 98.4 Å². The number of unbranched alkanes of at least 4 members (excludes halogenated alkanes) is 20. The van der Waals surface area contributed by atoms with Gasteiger partial charge in [-0.05, 0) is 187 Å². The summed E-state index contributed by atoms with van der Waals surface area (Å²) in [6, 6.07) is 0. The quantitative estimate of drug-likeness (QED) is 0.0253. The smallest absolute Gasteiger partial charge is 0.307 e. The molecular formula is C89H150N2O8. The Balaban J connectivity index is 4.44. The minimum atomic E-state index is -0.165. The Kier molecular flexibility index (Phi) is 74.2. The van der Waals surface area contributed by atoms with Crippen molar-refractivity contribution in [2.75, 3.05) is 52.5 Å². The standard InChI is InChI=1S/C89H150N2O8/c1-7-13-17-21-23-25-27-29-31-33-35-37-39-45-51-57-65-74-88(94)98-84(70-61-19-15-9-3)72-63-55-49-43-41-47-53-59-67-82-96-86(92)76-80-91(79-69-78-90(11-5)12-6)81-77-87(93)97-83-68-60-54-48-42-44-50-56-64-73-85(71-62-20-16-10-4)99-89(95)75-66-58-52-46-40-38-36-34-32-30-28-26-24-22-18-14-8-2/h13-14,17-18,23-26,29-32,35-38,45-46,51-52,55-56,63-64,84-85H,7-12,15-16,19-22,27-28,33-34,39-44,47-50,53-54,57-62,65-83H2,1-6H3/b17-13-,18-14+,25-23+,26-24+,31-29+,32-30+,37-35+,38-36+,51-45+,52-46+,63-55+,64-56+. The first kappa shape index (κ1) is 93.7. The predicted molar refractivity (Wildman–Crippen MR) is 426 cm³/mol. The van der Waals surface area contributed by atoms with E-state index in [0.717, 1.165) is 225 Å². The van der Waals surface area contributed by atoms with Gasteiger partial charge in [0.15, 0.2) is 0 Å². The minimum absolute atomic E-state index is 0.0406. The van der Waals surface area contributed by atoms with Crippen molar-refractivity contribution in [3.8, 4) is 0 Å². The molecule has 0 N–H and O–H groups in total. The van der Waals surface area contributed by atoms with Crippen molar-refractivity contribution in [2.24, 2.45) is 0 Å². The normalized spacial score (nSPS) is 13.3. The lowest BCUT2D eigenvalue weighted by Gasteiger charge is -2.24. The second-order valence-corrected chi connectivity index (χ2v) is 26.5. The van der Waals surface area contributed by atoms with Crippen molar-refractivity contribution in [3.05, 3.63) is 146 Å². The monoisotopic (exact) mass is 1380 g/mol. The second-order valence-electron chi connectivity index (χ2n) is 26.5. The summed E-state index contributed by atoms with van der Waals surface area (Å²) in [5.74, 6) is -0.473. The molecule has 2 atom stereocenters. The van der Waals surface area contributed by atoms with Crippen LogP contribution in [0.5, 0.6) is 0 Å². The van der Waals surface area contributed by atoms with Crippen LogP contribution in [0, 0.1) is 0 Å². The fourth-order valence-electron chi connectivity index (χ4n) is 11.3. The molecule has 2 unspecified atom stereocenters. The van der Waals surface area contributed by atoms with Crippen LogP contribution >= 0.6 is 0 Å². The molecule has 564 valence electrons. The Morgan fingerprint density at radius 3 is 0.929 bits per heavy atom. The first-order chi connectivity index (χ1) is 48.7. The zero-order valence-electron chi connectivity index (χ0n) is 64.6. The SMILES string of the molecule is CC/C=C\C/C=C/C/C=C/C/C=C/C/C=C/CCCC(=O)OC(C/C=C/CCCCCCCCOC(=O)CCN(CCCN(CC)CC)CCC(=O)OCCCCCCCC/C=C/CC(CCCCCC)OC(=O)CCC/C=C/C/C=C/C/C=C/C/C=C/C/C=C/CC)CCCCCC. The van der Waals surface area contributed by atoms with Crippen molar-refractivity contribution in [1.29, 1.82) is 0 Å². The van der Waals surface area contributed by atoms with E-state index in [4.69, 9.17) is 18.9 Å². The molecule has 0 saturated heterocycles. The van der Waals surface area contributed by atoms with Crippen LogP contribution in [0.15, 0.2) is 146 Å². The van der Waals surface area contributed by atoms with Crippen LogP contribution < -0.4 is 0 Å². The third-order valence-electron chi connectivity index (χ3n) is 17.5. The summed E-state index contributed by atoms with van der Waals surface area (Å²) in [5, 5.41) is 0. The van der Waals surface area contributed by atoms with Gasteiger partial charge in [-0.3, -0.25) is 19.2 Å². The molecule has 10 nitrogen and oxygen atoms in total. The molecule has 0 aromatic rings. The highest BCUT2D eigenvalue weighted by Crippen LogP contribution is 2.18. The van der Waals surface area contributed by atoms with E-state index in [2.05, 4.69) is 197 Å². The fraction of sp³-hybridized carbons (Fsp3) is 0.685. The molecule has 0 radical (unpaired) electrons. The highest BCUT2D eigenvalue weighted by Gasteiger charge is 2.16. The molecule has 0 fully saturated rings. The van der Waals surface area contributed by atoms with Crippen LogP contribution in [0.25, 0.3) is 0 Å². The van der Waals surface area contributed by atoms with Crippen molar-refractivity contribution in [3.63, 3.8) is 0 Å². The van der Waals surface area contributed by atoms with Gasteiger partial charge < -0.3 is 28.7 Å². The van der Waals surface area contributed by atoms with Crippen LogP contribution in [-0.2, 0) is 38.1 Å². The number of ether oxygens (including phenoxy) is 4. The van der Waals surface area contributed by atoms with E-state index in [1.54, 1.807) is 0 Å². The molecule has 0 aromatic heterocycles. The number of nitrogens with zero attached hydrogens (tertiary/aromatic N) is 2. The van der Waals surface area contributed by atoms with E-state index in [1.165, 1.54) is 64.2 Å². The van der Waals surface area contributed by atoms with Gasteiger partial charge in [-0.1, -0.05) is 277 Å². The number of carbonyl (C=O) groups is 4. The Morgan fingerprint density at radius 1 is 0.273 bits per heavy atom. The van der Waals surface area contributed by atoms with Gasteiger partial charge in [0.1, 0.15) is 12.2 Å². The van der Waals surface area contributed by atoms with Gasteiger partial charge in [-0.15, -0.1) is 0 Å².